The fourth-order valence-electron chi connectivity index (χ4n) is 4.98. The maximum atomic E-state index is 14.5. The zero-order valence-corrected chi connectivity index (χ0v) is 26.9. The van der Waals surface area contributed by atoms with E-state index >= 15 is 0 Å². The summed E-state index contributed by atoms with van der Waals surface area (Å²) in [5.74, 6) is 0.0454. The normalized spacial score (nSPS) is 20.7. The van der Waals surface area contributed by atoms with Crippen molar-refractivity contribution in [2.24, 2.45) is 5.92 Å². The van der Waals surface area contributed by atoms with Crippen molar-refractivity contribution in [3.63, 3.8) is 0 Å². The minimum atomic E-state index is -3.78. The van der Waals surface area contributed by atoms with Crippen molar-refractivity contribution in [3.8, 4) is 0 Å². The Bertz CT molecular complexity index is 1410. The zero-order valence-electron chi connectivity index (χ0n) is 25.2. The standard InChI is InChI=1S/C33H42N2O6P2/c1-4-5-15-32(30-16-8-6-9-17-30)21-26-40-43(37,35-24-22-34(23-25-35)42(36,38-2)39-3)41-28-29-14-12-13-20-33(27-29)31-18-10-7-11-19-31/h4-11,13,15-21,26-27,29H,12,14,22-25,28H2,1-3H3/b5-4-,26-21-,32-15+. The molecule has 0 N–H and O–H groups in total. The van der Waals surface area contributed by atoms with Crippen molar-refractivity contribution in [1.29, 1.82) is 0 Å². The second-order valence-corrected chi connectivity index (χ2v) is 14.4. The summed E-state index contributed by atoms with van der Waals surface area (Å²) < 4.78 is 53.4. The number of hydrogen-bond donors (Lipinski definition) is 0. The molecule has 1 saturated heterocycles. The van der Waals surface area contributed by atoms with E-state index in [4.69, 9.17) is 18.1 Å². The van der Waals surface area contributed by atoms with Gasteiger partial charge < -0.3 is 4.52 Å². The van der Waals surface area contributed by atoms with Crippen molar-refractivity contribution in [2.45, 2.75) is 19.8 Å². The topological polar surface area (TPSA) is 77.5 Å². The molecule has 4 rings (SSSR count). The maximum Gasteiger partial charge on any atom is 0.460 e. The molecule has 2 aromatic rings. The summed E-state index contributed by atoms with van der Waals surface area (Å²) in [7, 11) is -4.46. The minimum Gasteiger partial charge on any atom is -0.421 e. The van der Waals surface area contributed by atoms with Crippen molar-refractivity contribution in [3.05, 3.63) is 121 Å². The molecule has 1 aliphatic heterocycles. The van der Waals surface area contributed by atoms with Gasteiger partial charge in [-0.2, -0.15) is 4.67 Å². The van der Waals surface area contributed by atoms with Gasteiger partial charge in [-0.05, 0) is 48.1 Å². The van der Waals surface area contributed by atoms with Crippen molar-refractivity contribution >= 4 is 26.6 Å². The third-order valence-corrected chi connectivity index (χ3v) is 11.4. The van der Waals surface area contributed by atoms with Gasteiger partial charge in [0.1, 0.15) is 0 Å². The predicted molar refractivity (Wildman–Crippen MR) is 174 cm³/mol. The smallest absolute Gasteiger partial charge is 0.421 e. The lowest BCUT2D eigenvalue weighted by Crippen LogP contribution is -2.44. The first kappa shape index (κ1) is 33.1. The quantitative estimate of drug-likeness (QED) is 0.125. The zero-order chi connectivity index (χ0) is 30.5. The van der Waals surface area contributed by atoms with Gasteiger partial charge in [0.25, 0.3) is 0 Å². The first-order valence-electron chi connectivity index (χ1n) is 14.5. The fourth-order valence-corrected chi connectivity index (χ4v) is 7.88. The van der Waals surface area contributed by atoms with Crippen LogP contribution in [0.1, 0.15) is 30.9 Å². The number of hydrogen-bond acceptors (Lipinski definition) is 6. The Kier molecular flexibility index (Phi) is 12.6. The Balaban J connectivity index is 1.55. The van der Waals surface area contributed by atoms with Crippen LogP contribution in [0, 0.1) is 5.92 Å². The van der Waals surface area contributed by atoms with E-state index < -0.39 is 15.5 Å². The number of nitrogens with zero attached hydrogens (tertiary/aromatic N) is 2. The van der Waals surface area contributed by atoms with Crippen molar-refractivity contribution in [1.82, 2.24) is 9.34 Å². The molecule has 2 unspecified atom stereocenters. The summed E-state index contributed by atoms with van der Waals surface area (Å²) in [6, 6.07) is 20.1. The maximum absolute atomic E-state index is 14.5. The van der Waals surface area contributed by atoms with Crippen LogP contribution in [0.5, 0.6) is 0 Å². The van der Waals surface area contributed by atoms with Crippen LogP contribution in [0.2, 0.25) is 0 Å². The van der Waals surface area contributed by atoms with Crippen LogP contribution in [0.4, 0.5) is 0 Å². The molecule has 10 heteroatoms. The summed E-state index contributed by atoms with van der Waals surface area (Å²) >= 11 is 0. The highest BCUT2D eigenvalue weighted by molar-refractivity contribution is 7.51. The molecule has 2 aromatic carbocycles. The largest absolute Gasteiger partial charge is 0.460 e. The highest BCUT2D eigenvalue weighted by Crippen LogP contribution is 2.56. The van der Waals surface area contributed by atoms with Gasteiger partial charge in [0.2, 0.25) is 0 Å². The van der Waals surface area contributed by atoms with E-state index in [2.05, 4.69) is 30.4 Å². The first-order chi connectivity index (χ1) is 20.9. The Morgan fingerprint density at radius 2 is 1.53 bits per heavy atom. The average molecular weight is 625 g/mol. The van der Waals surface area contributed by atoms with Crippen LogP contribution in [-0.2, 0) is 27.2 Å². The van der Waals surface area contributed by atoms with E-state index in [0.717, 1.165) is 35.1 Å². The molecule has 0 saturated carbocycles. The predicted octanol–water partition coefficient (Wildman–Crippen LogP) is 8.37. The summed E-state index contributed by atoms with van der Waals surface area (Å²) in [6.07, 6.45) is 17.4. The summed E-state index contributed by atoms with van der Waals surface area (Å²) in [4.78, 5) is 0. The SMILES string of the molecule is C\C=C/C=C(\C=C/OP(=O)(OCC1C=C(c2ccccc2)C=CCC1)N1CCN(P(=O)(OC)OC)CC1)c1ccccc1. The van der Waals surface area contributed by atoms with Gasteiger partial charge in [-0.3, -0.25) is 13.6 Å². The highest BCUT2D eigenvalue weighted by Gasteiger charge is 2.41. The summed E-state index contributed by atoms with van der Waals surface area (Å²) in [5.41, 5.74) is 4.16. The summed E-state index contributed by atoms with van der Waals surface area (Å²) in [6.45, 7) is 3.44. The Morgan fingerprint density at radius 3 is 2.16 bits per heavy atom. The second-order valence-electron chi connectivity index (χ2n) is 10.2. The Labute approximate surface area is 256 Å². The van der Waals surface area contributed by atoms with Gasteiger partial charge in [0.05, 0.1) is 12.9 Å². The van der Waals surface area contributed by atoms with E-state index in [9.17, 15) is 9.13 Å². The number of allylic oxidation sites excluding steroid dienone is 8. The molecular formula is C33H42N2O6P2. The second kappa shape index (κ2) is 16.3. The van der Waals surface area contributed by atoms with Crippen molar-refractivity contribution in [2.75, 3.05) is 47.0 Å². The lowest BCUT2D eigenvalue weighted by molar-refractivity contribution is 0.137. The lowest BCUT2D eigenvalue weighted by atomic mass is 10.00. The fraction of sp³-hybridized carbons (Fsp3) is 0.333. The van der Waals surface area contributed by atoms with Gasteiger partial charge in [-0.15, -0.1) is 0 Å². The molecule has 0 bridgehead atoms. The molecule has 0 spiro atoms. The highest BCUT2D eigenvalue weighted by atomic mass is 31.2. The molecule has 43 heavy (non-hydrogen) atoms. The molecule has 0 radical (unpaired) electrons. The molecule has 0 amide bonds. The number of benzene rings is 2. The summed E-state index contributed by atoms with van der Waals surface area (Å²) in [5, 5.41) is 0. The molecular weight excluding hydrogens is 582 g/mol. The monoisotopic (exact) mass is 624 g/mol. The van der Waals surface area contributed by atoms with Crippen LogP contribution in [-0.4, -0.2) is 56.3 Å². The average Bonchev–Trinajstić information content (AvgIpc) is 3.32. The third-order valence-electron chi connectivity index (χ3n) is 7.38. The van der Waals surface area contributed by atoms with Crippen molar-refractivity contribution < 1.29 is 27.2 Å². The number of rotatable bonds is 13. The molecule has 1 fully saturated rings. The van der Waals surface area contributed by atoms with Crippen LogP contribution in [0.25, 0.3) is 11.1 Å². The molecule has 1 aliphatic carbocycles. The van der Waals surface area contributed by atoms with Crippen LogP contribution >= 0.6 is 15.5 Å². The van der Waals surface area contributed by atoms with Crippen LogP contribution in [0.3, 0.4) is 0 Å². The van der Waals surface area contributed by atoms with E-state index in [-0.39, 0.29) is 12.5 Å². The van der Waals surface area contributed by atoms with Crippen LogP contribution < -0.4 is 0 Å². The van der Waals surface area contributed by atoms with E-state index in [1.165, 1.54) is 20.5 Å². The van der Waals surface area contributed by atoms with Gasteiger partial charge in [0.15, 0.2) is 0 Å². The lowest BCUT2D eigenvalue weighted by Gasteiger charge is -2.38. The van der Waals surface area contributed by atoms with E-state index in [1.807, 2.05) is 73.7 Å². The van der Waals surface area contributed by atoms with Gasteiger partial charge in [0, 0.05) is 46.3 Å². The molecule has 2 atom stereocenters. The first-order valence-corrected chi connectivity index (χ1v) is 17.5. The molecule has 8 nitrogen and oxygen atoms in total. The molecule has 1 heterocycles. The van der Waals surface area contributed by atoms with Gasteiger partial charge in [-0.1, -0.05) is 97.1 Å². The minimum absolute atomic E-state index is 0.0454. The molecule has 2 aliphatic rings. The Morgan fingerprint density at radius 1 is 0.907 bits per heavy atom. The van der Waals surface area contributed by atoms with Gasteiger partial charge >= 0.3 is 15.5 Å². The third kappa shape index (κ3) is 9.10. The molecule has 0 aromatic heterocycles. The Hall–Kier alpha value is -2.80. The van der Waals surface area contributed by atoms with E-state index in [1.54, 1.807) is 15.4 Å². The van der Waals surface area contributed by atoms with E-state index in [0.29, 0.717) is 26.2 Å². The van der Waals surface area contributed by atoms with Gasteiger partial charge in [-0.25, -0.2) is 13.8 Å². The molecule has 230 valence electrons. The number of piperazine rings is 1. The van der Waals surface area contributed by atoms with Crippen LogP contribution in [0.15, 0.2) is 109 Å².